The van der Waals surface area contributed by atoms with Crippen LogP contribution < -0.4 is 21.5 Å². The van der Waals surface area contributed by atoms with Crippen LogP contribution in [0.5, 0.6) is 0 Å². The molecule has 12 heteroatoms. The maximum atomic E-state index is 14.1. The van der Waals surface area contributed by atoms with Crippen LogP contribution in [0.3, 0.4) is 0 Å². The third-order valence-corrected chi connectivity index (χ3v) is 7.82. The van der Waals surface area contributed by atoms with Gasteiger partial charge in [0.05, 0.1) is 35.5 Å². The standard InChI is InChI=1S/C32H40N8O4/c1-9-10-14-39-26-27(36-29(39)38-13-11-12-23(18-38)35-30(42)44-32(5,6)7)37(8)31(43)40(28(26)41)17-22-15-19(2)25-24(16-22)33-20(3)21(4)34-25/h15-16,23H,11-14,17-18H2,1-8H3,(H,35,42). The van der Waals surface area contributed by atoms with Crippen molar-refractivity contribution in [3.63, 3.8) is 0 Å². The van der Waals surface area contributed by atoms with E-state index in [0.29, 0.717) is 24.6 Å². The fourth-order valence-corrected chi connectivity index (χ4v) is 5.65. The molecule has 1 aliphatic rings. The number of aromatic nitrogens is 6. The van der Waals surface area contributed by atoms with Crippen molar-refractivity contribution in [2.24, 2.45) is 7.05 Å². The number of aryl methyl sites for hydroxylation is 4. The van der Waals surface area contributed by atoms with Gasteiger partial charge in [0.2, 0.25) is 5.95 Å². The topological polar surface area (TPSA) is 129 Å². The van der Waals surface area contributed by atoms with Gasteiger partial charge in [-0.25, -0.2) is 19.6 Å². The predicted octanol–water partition coefficient (Wildman–Crippen LogP) is 3.33. The largest absolute Gasteiger partial charge is 0.444 e. The number of fused-ring (bicyclic) bond motifs is 2. The van der Waals surface area contributed by atoms with Crippen LogP contribution in [0.15, 0.2) is 21.7 Å². The molecule has 4 heterocycles. The number of nitrogens with one attached hydrogen (secondary N) is 1. The van der Waals surface area contributed by atoms with Crippen LogP contribution in [0.1, 0.15) is 63.1 Å². The Morgan fingerprint density at radius 2 is 1.82 bits per heavy atom. The fourth-order valence-electron chi connectivity index (χ4n) is 5.65. The average molecular weight is 601 g/mol. The average Bonchev–Trinajstić information content (AvgIpc) is 3.33. The van der Waals surface area contributed by atoms with Crippen LogP contribution in [0.4, 0.5) is 10.7 Å². The molecule has 1 atom stereocenters. The van der Waals surface area contributed by atoms with Crippen LogP contribution in [0, 0.1) is 32.6 Å². The zero-order valence-corrected chi connectivity index (χ0v) is 26.7. The maximum Gasteiger partial charge on any atom is 0.407 e. The molecule has 0 spiro atoms. The van der Waals surface area contributed by atoms with E-state index in [2.05, 4.69) is 22.1 Å². The summed E-state index contributed by atoms with van der Waals surface area (Å²) in [5, 5.41) is 2.97. The second-order valence-electron chi connectivity index (χ2n) is 12.4. The summed E-state index contributed by atoms with van der Waals surface area (Å²) in [5.41, 5.74) is 4.00. The van der Waals surface area contributed by atoms with Crippen LogP contribution >= 0.6 is 0 Å². The third-order valence-electron chi connectivity index (χ3n) is 7.82. The first-order valence-electron chi connectivity index (χ1n) is 14.9. The lowest BCUT2D eigenvalue weighted by atomic mass is 10.1. The van der Waals surface area contributed by atoms with E-state index in [1.165, 1.54) is 9.13 Å². The van der Waals surface area contributed by atoms with Gasteiger partial charge in [-0.05, 0) is 78.5 Å². The third kappa shape index (κ3) is 6.04. The zero-order chi connectivity index (χ0) is 31.9. The van der Waals surface area contributed by atoms with Crippen molar-refractivity contribution in [2.75, 3.05) is 18.0 Å². The van der Waals surface area contributed by atoms with Gasteiger partial charge < -0.3 is 15.0 Å². The molecule has 1 saturated heterocycles. The first-order valence-corrected chi connectivity index (χ1v) is 14.9. The molecule has 232 valence electrons. The van der Waals surface area contributed by atoms with Gasteiger partial charge in [-0.15, -0.1) is 5.92 Å². The van der Waals surface area contributed by atoms with Gasteiger partial charge in [-0.1, -0.05) is 12.0 Å². The highest BCUT2D eigenvalue weighted by molar-refractivity contribution is 5.79. The van der Waals surface area contributed by atoms with Gasteiger partial charge in [0.15, 0.2) is 11.2 Å². The number of amides is 1. The normalized spacial score (nSPS) is 15.4. The summed E-state index contributed by atoms with van der Waals surface area (Å²) >= 11 is 0. The number of carbonyl (C=O) groups excluding carboxylic acids is 1. The first kappa shape index (κ1) is 30.8. The quantitative estimate of drug-likeness (QED) is 0.346. The number of anilines is 1. The SMILES string of the molecule is CC#CCn1c(N2CCCC(NC(=O)OC(C)(C)C)C2)nc2c1c(=O)n(Cc1cc(C)c3nc(C)c(C)nc3c1)c(=O)n2C. The molecule has 0 aliphatic carbocycles. The summed E-state index contributed by atoms with van der Waals surface area (Å²) in [5.74, 6) is 6.51. The van der Waals surface area contributed by atoms with Crippen molar-refractivity contribution in [3.8, 4) is 11.8 Å². The first-order chi connectivity index (χ1) is 20.8. The van der Waals surface area contributed by atoms with E-state index in [9.17, 15) is 14.4 Å². The highest BCUT2D eigenvalue weighted by Gasteiger charge is 2.29. The number of ether oxygens (including phenoxy) is 1. The lowest BCUT2D eigenvalue weighted by Gasteiger charge is -2.34. The number of imidazole rings is 1. The Labute approximate surface area is 256 Å². The zero-order valence-electron chi connectivity index (χ0n) is 26.7. The molecule has 1 N–H and O–H groups in total. The molecule has 0 radical (unpaired) electrons. The van der Waals surface area contributed by atoms with E-state index in [1.807, 2.05) is 58.6 Å². The number of alkyl carbamates (subject to hydrolysis) is 1. The molecular weight excluding hydrogens is 560 g/mol. The van der Waals surface area contributed by atoms with Gasteiger partial charge >= 0.3 is 11.8 Å². The number of hydrogen-bond acceptors (Lipinski definition) is 8. The Morgan fingerprint density at radius 3 is 2.52 bits per heavy atom. The summed E-state index contributed by atoms with van der Waals surface area (Å²) in [7, 11) is 1.62. The van der Waals surface area contributed by atoms with Crippen molar-refractivity contribution in [1.82, 2.24) is 34.0 Å². The van der Waals surface area contributed by atoms with E-state index in [0.717, 1.165) is 46.4 Å². The molecule has 1 aromatic carbocycles. The Morgan fingerprint density at radius 1 is 1.09 bits per heavy atom. The number of benzene rings is 1. The summed E-state index contributed by atoms with van der Waals surface area (Å²) in [6.45, 7) is 14.4. The second kappa shape index (κ2) is 11.8. The highest BCUT2D eigenvalue weighted by atomic mass is 16.6. The molecule has 1 aliphatic heterocycles. The second-order valence-corrected chi connectivity index (χ2v) is 12.4. The smallest absolute Gasteiger partial charge is 0.407 e. The van der Waals surface area contributed by atoms with Gasteiger partial charge in [0.1, 0.15) is 5.60 Å². The predicted molar refractivity (Wildman–Crippen MR) is 170 cm³/mol. The number of hydrogen-bond donors (Lipinski definition) is 1. The van der Waals surface area contributed by atoms with Crippen molar-refractivity contribution in [3.05, 3.63) is 55.5 Å². The van der Waals surface area contributed by atoms with E-state index in [-0.39, 0.29) is 24.8 Å². The monoisotopic (exact) mass is 600 g/mol. The van der Waals surface area contributed by atoms with Gasteiger partial charge in [-0.2, -0.15) is 4.98 Å². The summed E-state index contributed by atoms with van der Waals surface area (Å²) in [6, 6.07) is 3.66. The van der Waals surface area contributed by atoms with Crippen molar-refractivity contribution in [1.29, 1.82) is 0 Å². The van der Waals surface area contributed by atoms with Crippen LogP contribution in [-0.2, 0) is 24.9 Å². The van der Waals surface area contributed by atoms with Gasteiger partial charge in [0, 0.05) is 26.2 Å². The molecule has 1 amide bonds. The molecule has 1 unspecified atom stereocenters. The van der Waals surface area contributed by atoms with Crippen LogP contribution in [0.2, 0.25) is 0 Å². The fraction of sp³-hybridized carbons (Fsp3) is 0.500. The van der Waals surface area contributed by atoms with E-state index in [1.54, 1.807) is 18.5 Å². The van der Waals surface area contributed by atoms with Crippen molar-refractivity contribution in [2.45, 2.75) is 86.0 Å². The number of piperidine rings is 1. The Balaban J connectivity index is 1.56. The summed E-state index contributed by atoms with van der Waals surface area (Å²) in [6.07, 6.45) is 1.11. The van der Waals surface area contributed by atoms with E-state index >= 15 is 0 Å². The van der Waals surface area contributed by atoms with Crippen molar-refractivity contribution >= 4 is 34.2 Å². The van der Waals surface area contributed by atoms with E-state index < -0.39 is 22.9 Å². The summed E-state index contributed by atoms with van der Waals surface area (Å²) < 4.78 is 9.89. The minimum absolute atomic E-state index is 0.0679. The molecule has 0 saturated carbocycles. The molecular formula is C32H40N8O4. The van der Waals surface area contributed by atoms with Crippen molar-refractivity contribution < 1.29 is 9.53 Å². The molecule has 1 fully saturated rings. The van der Waals surface area contributed by atoms with Gasteiger partial charge in [0.25, 0.3) is 5.56 Å². The minimum atomic E-state index is -0.604. The number of nitrogens with zero attached hydrogens (tertiary/aromatic N) is 7. The maximum absolute atomic E-state index is 14.1. The van der Waals surface area contributed by atoms with Crippen LogP contribution in [-0.4, -0.2) is 59.5 Å². The Hall–Kier alpha value is -4.66. The van der Waals surface area contributed by atoms with Gasteiger partial charge in [-0.3, -0.25) is 18.5 Å². The Kier molecular flexibility index (Phi) is 8.25. The Bertz CT molecular complexity index is 1950. The molecule has 44 heavy (non-hydrogen) atoms. The van der Waals surface area contributed by atoms with Crippen LogP contribution in [0.25, 0.3) is 22.2 Å². The molecule has 12 nitrogen and oxygen atoms in total. The molecule has 5 rings (SSSR count). The minimum Gasteiger partial charge on any atom is -0.444 e. The lowest BCUT2D eigenvalue weighted by molar-refractivity contribution is 0.0499. The number of carbonyl (C=O) groups is 1. The molecule has 0 bridgehead atoms. The lowest BCUT2D eigenvalue weighted by Crippen LogP contribution is -2.49. The van der Waals surface area contributed by atoms with E-state index in [4.69, 9.17) is 14.7 Å². The highest BCUT2D eigenvalue weighted by Crippen LogP contribution is 2.24. The molecule has 4 aromatic rings. The number of rotatable bonds is 5. The molecule has 3 aromatic heterocycles. The summed E-state index contributed by atoms with van der Waals surface area (Å²) in [4.78, 5) is 56.4.